The number of benzene rings is 1. The number of hydrogen-bond donors (Lipinski definition) is 1. The predicted octanol–water partition coefficient (Wildman–Crippen LogP) is 3.16. The fraction of sp³-hybridized carbons (Fsp3) is 0.438. The summed E-state index contributed by atoms with van der Waals surface area (Å²) in [5.74, 6) is 0. The van der Waals surface area contributed by atoms with E-state index in [2.05, 4.69) is 29.1 Å². The summed E-state index contributed by atoms with van der Waals surface area (Å²) in [6.45, 7) is 4.79. The van der Waals surface area contributed by atoms with Crippen molar-refractivity contribution in [2.45, 2.75) is 32.9 Å². The van der Waals surface area contributed by atoms with E-state index in [9.17, 15) is 5.11 Å². The van der Waals surface area contributed by atoms with Gasteiger partial charge in [0, 0.05) is 24.8 Å². The molecular formula is C16H22ClN3O. The van der Waals surface area contributed by atoms with Crippen LogP contribution in [0.15, 0.2) is 30.3 Å². The maximum Gasteiger partial charge on any atom is 0.131 e. The molecule has 0 bridgehead atoms. The molecule has 1 unspecified atom stereocenters. The van der Waals surface area contributed by atoms with Gasteiger partial charge in [0.1, 0.15) is 5.15 Å². The fourth-order valence-corrected chi connectivity index (χ4v) is 2.76. The highest BCUT2D eigenvalue weighted by Gasteiger charge is 2.21. The van der Waals surface area contributed by atoms with Gasteiger partial charge in [-0.15, -0.1) is 0 Å². The van der Waals surface area contributed by atoms with E-state index in [1.54, 1.807) is 4.68 Å². The second kappa shape index (κ2) is 6.96. The van der Waals surface area contributed by atoms with Crippen LogP contribution in [0.25, 0.3) is 0 Å². The monoisotopic (exact) mass is 307 g/mol. The zero-order valence-electron chi connectivity index (χ0n) is 12.8. The second-order valence-corrected chi connectivity index (χ2v) is 5.54. The molecule has 0 fully saturated rings. The summed E-state index contributed by atoms with van der Waals surface area (Å²) < 4.78 is 1.69. The van der Waals surface area contributed by atoms with Gasteiger partial charge in [0.15, 0.2) is 0 Å². The molecule has 1 aromatic carbocycles. The number of rotatable bonds is 6. The van der Waals surface area contributed by atoms with Gasteiger partial charge in [-0.2, -0.15) is 5.10 Å². The van der Waals surface area contributed by atoms with E-state index in [4.69, 9.17) is 11.6 Å². The Morgan fingerprint density at radius 3 is 2.48 bits per heavy atom. The first kappa shape index (κ1) is 15.9. The standard InChI is InChI=1S/C16H22ClN3O/c1-4-13(11-21)20(14-8-6-5-7-9-14)10-15-12(2)18-19(3)16(15)17/h5-9,13,21H,4,10-11H2,1-3H3. The van der Waals surface area contributed by atoms with Crippen molar-refractivity contribution >= 4 is 17.3 Å². The first-order chi connectivity index (χ1) is 10.1. The Hall–Kier alpha value is -1.52. The third-order valence-corrected chi connectivity index (χ3v) is 4.28. The summed E-state index contributed by atoms with van der Waals surface area (Å²) in [6, 6.07) is 10.2. The lowest BCUT2D eigenvalue weighted by molar-refractivity contribution is 0.255. The van der Waals surface area contributed by atoms with Crippen LogP contribution in [0.5, 0.6) is 0 Å². The molecule has 5 heteroatoms. The lowest BCUT2D eigenvalue weighted by Crippen LogP contribution is -2.37. The Morgan fingerprint density at radius 1 is 1.33 bits per heavy atom. The van der Waals surface area contributed by atoms with Crippen molar-refractivity contribution in [1.29, 1.82) is 0 Å². The normalized spacial score (nSPS) is 12.4. The highest BCUT2D eigenvalue weighted by Crippen LogP contribution is 2.26. The van der Waals surface area contributed by atoms with Crippen molar-refractivity contribution in [2.75, 3.05) is 11.5 Å². The highest BCUT2D eigenvalue weighted by atomic mass is 35.5. The zero-order chi connectivity index (χ0) is 15.4. The highest BCUT2D eigenvalue weighted by molar-refractivity contribution is 6.30. The van der Waals surface area contributed by atoms with E-state index in [0.717, 1.165) is 23.4 Å². The summed E-state index contributed by atoms with van der Waals surface area (Å²) in [4.78, 5) is 2.19. The average molecular weight is 308 g/mol. The molecule has 0 aliphatic rings. The minimum atomic E-state index is 0.0584. The van der Waals surface area contributed by atoms with Crippen LogP contribution >= 0.6 is 11.6 Å². The molecule has 0 radical (unpaired) electrons. The Kier molecular flexibility index (Phi) is 5.26. The van der Waals surface area contributed by atoms with Gasteiger partial charge in [-0.1, -0.05) is 36.7 Å². The van der Waals surface area contributed by atoms with Crippen LogP contribution < -0.4 is 4.90 Å². The maximum absolute atomic E-state index is 9.68. The van der Waals surface area contributed by atoms with Crippen molar-refractivity contribution in [3.05, 3.63) is 46.7 Å². The number of halogens is 1. The number of para-hydroxylation sites is 1. The van der Waals surface area contributed by atoms with E-state index in [1.165, 1.54) is 0 Å². The first-order valence-corrected chi connectivity index (χ1v) is 7.56. The van der Waals surface area contributed by atoms with Crippen molar-refractivity contribution < 1.29 is 5.11 Å². The van der Waals surface area contributed by atoms with Gasteiger partial charge in [-0.25, -0.2) is 0 Å². The number of aryl methyl sites for hydroxylation is 2. The van der Waals surface area contributed by atoms with Crippen LogP contribution in [-0.2, 0) is 13.6 Å². The number of aromatic nitrogens is 2. The molecule has 1 N–H and O–H groups in total. The molecule has 2 aromatic rings. The minimum Gasteiger partial charge on any atom is -0.394 e. The van der Waals surface area contributed by atoms with Gasteiger partial charge in [-0.05, 0) is 25.5 Å². The molecule has 2 rings (SSSR count). The average Bonchev–Trinajstić information content (AvgIpc) is 2.74. The number of nitrogens with zero attached hydrogens (tertiary/aromatic N) is 3. The van der Waals surface area contributed by atoms with E-state index < -0.39 is 0 Å². The molecule has 0 spiro atoms. The molecular weight excluding hydrogens is 286 g/mol. The molecule has 0 aliphatic carbocycles. The lowest BCUT2D eigenvalue weighted by atomic mass is 10.1. The quantitative estimate of drug-likeness (QED) is 0.891. The third kappa shape index (κ3) is 3.39. The fourth-order valence-electron chi connectivity index (χ4n) is 2.52. The molecule has 4 nitrogen and oxygen atoms in total. The van der Waals surface area contributed by atoms with Crippen LogP contribution in [0.1, 0.15) is 24.6 Å². The lowest BCUT2D eigenvalue weighted by Gasteiger charge is -2.32. The molecule has 0 saturated carbocycles. The molecule has 1 heterocycles. The van der Waals surface area contributed by atoms with Crippen LogP contribution in [0.3, 0.4) is 0 Å². The number of anilines is 1. The van der Waals surface area contributed by atoms with Gasteiger partial charge < -0.3 is 10.0 Å². The van der Waals surface area contributed by atoms with Crippen molar-refractivity contribution in [3.8, 4) is 0 Å². The van der Waals surface area contributed by atoms with Gasteiger partial charge in [-0.3, -0.25) is 4.68 Å². The summed E-state index contributed by atoms with van der Waals surface area (Å²) in [5, 5.41) is 14.7. The van der Waals surface area contributed by atoms with E-state index in [0.29, 0.717) is 11.7 Å². The van der Waals surface area contributed by atoms with Crippen molar-refractivity contribution in [2.24, 2.45) is 7.05 Å². The Morgan fingerprint density at radius 2 is 2.00 bits per heavy atom. The molecule has 21 heavy (non-hydrogen) atoms. The minimum absolute atomic E-state index is 0.0584. The van der Waals surface area contributed by atoms with E-state index >= 15 is 0 Å². The summed E-state index contributed by atoms with van der Waals surface area (Å²) in [6.07, 6.45) is 0.863. The Labute approximate surface area is 131 Å². The topological polar surface area (TPSA) is 41.3 Å². The zero-order valence-corrected chi connectivity index (χ0v) is 13.5. The van der Waals surface area contributed by atoms with Crippen LogP contribution in [-0.4, -0.2) is 27.5 Å². The number of hydrogen-bond acceptors (Lipinski definition) is 3. The van der Waals surface area contributed by atoms with Crippen molar-refractivity contribution in [1.82, 2.24) is 9.78 Å². The van der Waals surface area contributed by atoms with Crippen molar-refractivity contribution in [3.63, 3.8) is 0 Å². The number of aliphatic hydroxyl groups excluding tert-OH is 1. The molecule has 0 aliphatic heterocycles. The molecule has 114 valence electrons. The first-order valence-electron chi connectivity index (χ1n) is 7.19. The van der Waals surface area contributed by atoms with E-state index in [1.807, 2.05) is 32.2 Å². The van der Waals surface area contributed by atoms with E-state index in [-0.39, 0.29) is 12.6 Å². The Bertz CT molecular complexity index is 579. The molecule has 1 aromatic heterocycles. The molecule has 0 saturated heterocycles. The summed E-state index contributed by atoms with van der Waals surface area (Å²) in [7, 11) is 1.84. The Balaban J connectivity index is 2.36. The van der Waals surface area contributed by atoms with Gasteiger partial charge in [0.25, 0.3) is 0 Å². The van der Waals surface area contributed by atoms with Gasteiger partial charge >= 0.3 is 0 Å². The maximum atomic E-state index is 9.68. The third-order valence-electron chi connectivity index (χ3n) is 3.81. The summed E-state index contributed by atoms with van der Waals surface area (Å²) >= 11 is 6.35. The van der Waals surface area contributed by atoms with Gasteiger partial charge in [0.05, 0.1) is 18.3 Å². The molecule has 1 atom stereocenters. The van der Waals surface area contributed by atoms with Crippen LogP contribution in [0.4, 0.5) is 5.69 Å². The van der Waals surface area contributed by atoms with Crippen LogP contribution in [0, 0.1) is 6.92 Å². The molecule has 0 amide bonds. The largest absolute Gasteiger partial charge is 0.394 e. The summed E-state index contributed by atoms with van der Waals surface area (Å²) in [5.41, 5.74) is 3.02. The predicted molar refractivity (Wildman–Crippen MR) is 86.7 cm³/mol. The second-order valence-electron chi connectivity index (χ2n) is 5.19. The van der Waals surface area contributed by atoms with Crippen LogP contribution in [0.2, 0.25) is 5.15 Å². The smallest absolute Gasteiger partial charge is 0.131 e. The van der Waals surface area contributed by atoms with Gasteiger partial charge in [0.2, 0.25) is 0 Å². The number of aliphatic hydroxyl groups is 1. The SMILES string of the molecule is CCC(CO)N(Cc1c(C)nn(C)c1Cl)c1ccccc1.